The summed E-state index contributed by atoms with van der Waals surface area (Å²) in [5, 5.41) is 10.1. The van der Waals surface area contributed by atoms with Crippen LogP contribution in [0.2, 0.25) is 0 Å². The number of aryl methyl sites for hydroxylation is 1. The lowest BCUT2D eigenvalue weighted by Gasteiger charge is -2.27. The molecule has 2 aromatic rings. The van der Waals surface area contributed by atoms with Crippen LogP contribution in [0.3, 0.4) is 0 Å². The Hall–Kier alpha value is -1.96. The van der Waals surface area contributed by atoms with Crippen LogP contribution in [0.25, 0.3) is 11.1 Å². The van der Waals surface area contributed by atoms with E-state index in [9.17, 15) is 5.11 Å². The first kappa shape index (κ1) is 12.8. The summed E-state index contributed by atoms with van der Waals surface area (Å²) in [5.74, 6) is 2.17. The van der Waals surface area contributed by atoms with Gasteiger partial charge in [0.2, 0.25) is 0 Å². The summed E-state index contributed by atoms with van der Waals surface area (Å²) >= 11 is 0. The Kier molecular flexibility index (Phi) is 2.75. The van der Waals surface area contributed by atoms with E-state index in [1.807, 2.05) is 6.07 Å². The SMILES string of the molecule is Cc1ccc(O)c(-c2cccc(N3CC4CC4C3C)c2)c1. The van der Waals surface area contributed by atoms with Gasteiger partial charge in [-0.15, -0.1) is 0 Å². The molecule has 1 aliphatic carbocycles. The fourth-order valence-corrected chi connectivity index (χ4v) is 3.80. The molecular weight excluding hydrogens is 258 g/mol. The van der Waals surface area contributed by atoms with E-state index in [0.29, 0.717) is 11.8 Å². The van der Waals surface area contributed by atoms with E-state index in [4.69, 9.17) is 0 Å². The van der Waals surface area contributed by atoms with Gasteiger partial charge in [-0.1, -0.05) is 23.8 Å². The first-order chi connectivity index (χ1) is 10.1. The van der Waals surface area contributed by atoms with Crippen LogP contribution in [0, 0.1) is 18.8 Å². The topological polar surface area (TPSA) is 23.5 Å². The molecule has 2 fully saturated rings. The number of rotatable bonds is 2. The molecule has 2 aliphatic rings. The molecule has 0 bridgehead atoms. The molecule has 2 aromatic carbocycles. The largest absolute Gasteiger partial charge is 0.507 e. The number of phenols is 1. The van der Waals surface area contributed by atoms with Crippen LogP contribution < -0.4 is 4.90 Å². The normalized spacial score (nSPS) is 26.8. The Bertz CT molecular complexity index is 694. The van der Waals surface area contributed by atoms with Crippen molar-refractivity contribution in [2.75, 3.05) is 11.4 Å². The highest BCUT2D eigenvalue weighted by Crippen LogP contribution is 2.50. The van der Waals surface area contributed by atoms with Crippen molar-refractivity contribution < 1.29 is 5.11 Å². The molecule has 1 N–H and O–H groups in total. The number of phenolic OH excluding ortho intramolecular Hbond substituents is 1. The summed E-state index contributed by atoms with van der Waals surface area (Å²) in [4.78, 5) is 2.52. The van der Waals surface area contributed by atoms with E-state index in [0.717, 1.165) is 23.0 Å². The van der Waals surface area contributed by atoms with Crippen molar-refractivity contribution in [3.05, 3.63) is 48.0 Å². The molecular formula is C19H21NO. The van der Waals surface area contributed by atoms with Gasteiger partial charge in [-0.25, -0.2) is 0 Å². The molecule has 2 nitrogen and oxygen atoms in total. The molecule has 0 aromatic heterocycles. The van der Waals surface area contributed by atoms with Gasteiger partial charge < -0.3 is 10.0 Å². The van der Waals surface area contributed by atoms with Crippen LogP contribution in [0.4, 0.5) is 5.69 Å². The summed E-state index contributed by atoms with van der Waals surface area (Å²) in [6.07, 6.45) is 1.41. The fourth-order valence-electron chi connectivity index (χ4n) is 3.80. The quantitative estimate of drug-likeness (QED) is 0.890. The van der Waals surface area contributed by atoms with E-state index in [2.05, 4.69) is 49.1 Å². The second kappa shape index (κ2) is 4.52. The summed E-state index contributed by atoms with van der Waals surface area (Å²) in [5.41, 5.74) is 4.48. The molecule has 0 radical (unpaired) electrons. The van der Waals surface area contributed by atoms with Crippen LogP contribution >= 0.6 is 0 Å². The lowest BCUT2D eigenvalue weighted by molar-refractivity contribution is 0.477. The highest BCUT2D eigenvalue weighted by Gasteiger charge is 2.50. The monoisotopic (exact) mass is 279 g/mol. The molecule has 21 heavy (non-hydrogen) atoms. The van der Waals surface area contributed by atoms with Gasteiger partial charge in [0, 0.05) is 23.8 Å². The van der Waals surface area contributed by atoms with E-state index >= 15 is 0 Å². The molecule has 1 saturated heterocycles. The third-order valence-electron chi connectivity index (χ3n) is 5.16. The van der Waals surface area contributed by atoms with Gasteiger partial charge in [0.1, 0.15) is 5.75 Å². The minimum absolute atomic E-state index is 0.357. The first-order valence-corrected chi connectivity index (χ1v) is 7.80. The molecule has 3 unspecified atom stereocenters. The lowest BCUT2D eigenvalue weighted by atomic mass is 10.0. The average Bonchev–Trinajstić information content (AvgIpc) is 3.20. The van der Waals surface area contributed by atoms with Gasteiger partial charge in [-0.3, -0.25) is 0 Å². The van der Waals surface area contributed by atoms with Crippen molar-refractivity contribution in [1.29, 1.82) is 0 Å². The molecule has 1 saturated carbocycles. The van der Waals surface area contributed by atoms with Gasteiger partial charge in [0.15, 0.2) is 0 Å². The minimum atomic E-state index is 0.357. The van der Waals surface area contributed by atoms with E-state index in [-0.39, 0.29) is 0 Å². The number of fused-ring (bicyclic) bond motifs is 1. The van der Waals surface area contributed by atoms with Crippen molar-refractivity contribution >= 4 is 5.69 Å². The maximum atomic E-state index is 10.1. The van der Waals surface area contributed by atoms with Gasteiger partial charge >= 0.3 is 0 Å². The molecule has 2 heteroatoms. The van der Waals surface area contributed by atoms with Crippen molar-refractivity contribution in [1.82, 2.24) is 0 Å². The molecule has 108 valence electrons. The minimum Gasteiger partial charge on any atom is -0.507 e. The number of piperidine rings is 1. The second-order valence-corrected chi connectivity index (χ2v) is 6.62. The highest BCUT2D eigenvalue weighted by atomic mass is 16.3. The van der Waals surface area contributed by atoms with Crippen molar-refractivity contribution in [3.63, 3.8) is 0 Å². The molecule has 0 amide bonds. The summed E-state index contributed by atoms with van der Waals surface area (Å²) < 4.78 is 0. The molecule has 0 spiro atoms. The van der Waals surface area contributed by atoms with Crippen LogP contribution in [0.1, 0.15) is 18.9 Å². The van der Waals surface area contributed by atoms with Crippen LogP contribution in [0.15, 0.2) is 42.5 Å². The van der Waals surface area contributed by atoms with Crippen LogP contribution in [-0.2, 0) is 0 Å². The summed E-state index contributed by atoms with van der Waals surface area (Å²) in [6.45, 7) is 5.59. The fraction of sp³-hybridized carbons (Fsp3) is 0.368. The van der Waals surface area contributed by atoms with Gasteiger partial charge in [0.25, 0.3) is 0 Å². The van der Waals surface area contributed by atoms with Crippen LogP contribution in [-0.4, -0.2) is 17.7 Å². The first-order valence-electron chi connectivity index (χ1n) is 7.80. The van der Waals surface area contributed by atoms with Crippen LogP contribution in [0.5, 0.6) is 5.75 Å². The summed E-state index contributed by atoms with van der Waals surface area (Å²) in [6, 6.07) is 15.0. The predicted molar refractivity (Wildman–Crippen MR) is 86.7 cm³/mol. The number of hydrogen-bond donors (Lipinski definition) is 1. The summed E-state index contributed by atoms with van der Waals surface area (Å²) in [7, 11) is 0. The molecule has 4 rings (SSSR count). The van der Waals surface area contributed by atoms with E-state index in [1.165, 1.54) is 24.2 Å². The smallest absolute Gasteiger partial charge is 0.123 e. The third-order valence-corrected chi connectivity index (χ3v) is 5.16. The van der Waals surface area contributed by atoms with E-state index in [1.54, 1.807) is 6.07 Å². The molecule has 1 heterocycles. The number of benzene rings is 2. The third kappa shape index (κ3) is 2.10. The Morgan fingerprint density at radius 1 is 1.14 bits per heavy atom. The lowest BCUT2D eigenvalue weighted by Crippen LogP contribution is -2.30. The molecule has 3 atom stereocenters. The number of hydrogen-bond acceptors (Lipinski definition) is 2. The Morgan fingerprint density at radius 2 is 2.00 bits per heavy atom. The number of aromatic hydroxyl groups is 1. The predicted octanol–water partition coefficient (Wildman–Crippen LogP) is 4.21. The van der Waals surface area contributed by atoms with Crippen molar-refractivity contribution in [3.8, 4) is 16.9 Å². The van der Waals surface area contributed by atoms with Gasteiger partial charge in [-0.2, -0.15) is 0 Å². The number of nitrogens with zero attached hydrogens (tertiary/aromatic N) is 1. The highest BCUT2D eigenvalue weighted by molar-refractivity contribution is 5.74. The Labute approximate surface area is 126 Å². The Morgan fingerprint density at radius 3 is 2.76 bits per heavy atom. The second-order valence-electron chi connectivity index (χ2n) is 6.62. The zero-order valence-electron chi connectivity index (χ0n) is 12.6. The van der Waals surface area contributed by atoms with Crippen molar-refractivity contribution in [2.45, 2.75) is 26.3 Å². The van der Waals surface area contributed by atoms with E-state index < -0.39 is 0 Å². The average molecular weight is 279 g/mol. The maximum Gasteiger partial charge on any atom is 0.123 e. The molecule has 1 aliphatic heterocycles. The van der Waals surface area contributed by atoms with Gasteiger partial charge in [-0.05, 0) is 61.9 Å². The zero-order valence-corrected chi connectivity index (χ0v) is 12.6. The number of anilines is 1. The maximum absolute atomic E-state index is 10.1. The zero-order chi connectivity index (χ0) is 14.6. The van der Waals surface area contributed by atoms with Crippen molar-refractivity contribution in [2.24, 2.45) is 11.8 Å². The Balaban J connectivity index is 1.71. The van der Waals surface area contributed by atoms with Gasteiger partial charge in [0.05, 0.1) is 0 Å². The standard InChI is InChI=1S/C19H21NO/c1-12-6-7-19(21)18(8-12)14-4-3-5-16(9-14)20-11-15-10-17(15)13(20)2/h3-9,13,15,17,21H,10-11H2,1-2H3.